The molecule has 0 radical (unpaired) electrons. The van der Waals surface area contributed by atoms with E-state index >= 15 is 0 Å². The highest BCUT2D eigenvalue weighted by molar-refractivity contribution is 6.09. The van der Waals surface area contributed by atoms with Crippen LogP contribution in [0, 0.1) is 6.92 Å². The Morgan fingerprint density at radius 2 is 1.59 bits per heavy atom. The second-order valence-corrected chi connectivity index (χ2v) is 6.82. The number of carbonyl (C=O) groups excluding carboxylic acids is 2. The van der Waals surface area contributed by atoms with Crippen LogP contribution in [-0.4, -0.2) is 23.3 Å². The molecule has 0 aliphatic carbocycles. The fourth-order valence-electron chi connectivity index (χ4n) is 3.29. The van der Waals surface area contributed by atoms with E-state index in [0.717, 1.165) is 16.7 Å². The zero-order valence-corrected chi connectivity index (χ0v) is 15.1. The maximum absolute atomic E-state index is 13.2. The molecule has 3 aromatic carbocycles. The maximum atomic E-state index is 13.2. The van der Waals surface area contributed by atoms with Crippen molar-refractivity contribution in [1.29, 1.82) is 0 Å². The Balaban J connectivity index is 1.70. The molecule has 0 aromatic heterocycles. The van der Waals surface area contributed by atoms with Gasteiger partial charge in [-0.15, -0.1) is 0 Å². The lowest BCUT2D eigenvalue weighted by Gasteiger charge is -2.20. The molecule has 0 fully saturated rings. The second-order valence-electron chi connectivity index (χ2n) is 6.82. The molecule has 0 spiro atoms. The first kappa shape index (κ1) is 17.0. The van der Waals surface area contributed by atoms with Gasteiger partial charge in [0.1, 0.15) is 6.54 Å². The fraction of sp³-hybridized carbons (Fsp3) is 0.130. The van der Waals surface area contributed by atoms with Crippen molar-refractivity contribution in [2.45, 2.75) is 13.5 Å². The van der Waals surface area contributed by atoms with Crippen molar-refractivity contribution in [3.05, 3.63) is 89.5 Å². The lowest BCUT2D eigenvalue weighted by atomic mass is 10.00. The number of rotatable bonds is 3. The Morgan fingerprint density at radius 1 is 0.889 bits per heavy atom. The molecule has 1 aliphatic heterocycles. The number of nitrogens with zero attached hydrogens (tertiary/aromatic N) is 1. The molecule has 2 amide bonds. The SMILES string of the molecule is Cc1ccc(-c2ccc3c(c2)C(=O)N(Cc2ccccc2)CC(=O)N3)cc1. The molecule has 0 saturated carbocycles. The summed E-state index contributed by atoms with van der Waals surface area (Å²) in [5.41, 5.74) is 5.27. The van der Waals surface area contributed by atoms with E-state index in [4.69, 9.17) is 0 Å². The maximum Gasteiger partial charge on any atom is 0.256 e. The molecular formula is C23H20N2O2. The molecule has 0 atom stereocenters. The van der Waals surface area contributed by atoms with Gasteiger partial charge in [-0.2, -0.15) is 0 Å². The molecule has 0 bridgehead atoms. The third-order valence-electron chi connectivity index (χ3n) is 4.75. The van der Waals surface area contributed by atoms with Crippen LogP contribution in [0.5, 0.6) is 0 Å². The third-order valence-corrected chi connectivity index (χ3v) is 4.75. The van der Waals surface area contributed by atoms with E-state index in [1.54, 1.807) is 4.90 Å². The Morgan fingerprint density at radius 3 is 2.33 bits per heavy atom. The molecular weight excluding hydrogens is 336 g/mol. The van der Waals surface area contributed by atoms with Gasteiger partial charge in [0.15, 0.2) is 0 Å². The summed E-state index contributed by atoms with van der Waals surface area (Å²) in [6.45, 7) is 2.49. The van der Waals surface area contributed by atoms with E-state index in [2.05, 4.69) is 5.32 Å². The zero-order chi connectivity index (χ0) is 18.8. The lowest BCUT2D eigenvalue weighted by Crippen LogP contribution is -2.34. The van der Waals surface area contributed by atoms with E-state index in [1.165, 1.54) is 5.56 Å². The molecule has 1 aliphatic rings. The Labute approximate surface area is 158 Å². The monoisotopic (exact) mass is 356 g/mol. The minimum absolute atomic E-state index is 0.0439. The lowest BCUT2D eigenvalue weighted by molar-refractivity contribution is -0.116. The van der Waals surface area contributed by atoms with Crippen molar-refractivity contribution in [3.8, 4) is 11.1 Å². The number of fused-ring (bicyclic) bond motifs is 1. The van der Waals surface area contributed by atoms with E-state index in [9.17, 15) is 9.59 Å². The predicted molar refractivity (Wildman–Crippen MR) is 106 cm³/mol. The third kappa shape index (κ3) is 3.60. The predicted octanol–water partition coefficient (Wildman–Crippen LogP) is 4.26. The number of hydrogen-bond acceptors (Lipinski definition) is 2. The van der Waals surface area contributed by atoms with Gasteiger partial charge in [0.05, 0.1) is 11.3 Å². The number of carbonyl (C=O) groups is 2. The van der Waals surface area contributed by atoms with Crippen LogP contribution < -0.4 is 5.32 Å². The Kier molecular flexibility index (Phi) is 4.47. The standard InChI is InChI=1S/C23H20N2O2/c1-16-7-9-18(10-8-16)19-11-12-21-20(13-19)23(27)25(15-22(26)24-21)14-17-5-3-2-4-6-17/h2-13H,14-15H2,1H3,(H,24,26). The Bertz CT molecular complexity index is 995. The minimum Gasteiger partial charge on any atom is -0.325 e. The highest BCUT2D eigenvalue weighted by Gasteiger charge is 2.26. The molecule has 1 heterocycles. The van der Waals surface area contributed by atoms with Crippen LogP contribution in [0.25, 0.3) is 11.1 Å². The second kappa shape index (κ2) is 7.08. The van der Waals surface area contributed by atoms with Gasteiger partial charge in [-0.05, 0) is 35.7 Å². The van der Waals surface area contributed by atoms with Crippen LogP contribution in [-0.2, 0) is 11.3 Å². The summed E-state index contributed by atoms with van der Waals surface area (Å²) in [4.78, 5) is 27.0. The van der Waals surface area contributed by atoms with Crippen molar-refractivity contribution in [2.75, 3.05) is 11.9 Å². The van der Waals surface area contributed by atoms with Crippen LogP contribution in [0.4, 0.5) is 5.69 Å². The van der Waals surface area contributed by atoms with Crippen molar-refractivity contribution in [1.82, 2.24) is 4.90 Å². The van der Waals surface area contributed by atoms with Crippen molar-refractivity contribution < 1.29 is 9.59 Å². The van der Waals surface area contributed by atoms with E-state index in [1.807, 2.05) is 79.7 Å². The number of anilines is 1. The van der Waals surface area contributed by atoms with Gasteiger partial charge in [0, 0.05) is 6.54 Å². The molecule has 0 saturated heterocycles. The summed E-state index contributed by atoms with van der Waals surface area (Å²) < 4.78 is 0. The topological polar surface area (TPSA) is 49.4 Å². The summed E-state index contributed by atoms with van der Waals surface area (Å²) in [7, 11) is 0. The number of benzene rings is 3. The summed E-state index contributed by atoms with van der Waals surface area (Å²) in [6.07, 6.45) is 0. The van der Waals surface area contributed by atoms with Crippen molar-refractivity contribution >= 4 is 17.5 Å². The molecule has 4 rings (SSSR count). The van der Waals surface area contributed by atoms with Crippen LogP contribution in [0.2, 0.25) is 0 Å². The van der Waals surface area contributed by atoms with Gasteiger partial charge in [-0.25, -0.2) is 0 Å². The van der Waals surface area contributed by atoms with Gasteiger partial charge < -0.3 is 10.2 Å². The van der Waals surface area contributed by atoms with E-state index < -0.39 is 0 Å². The quantitative estimate of drug-likeness (QED) is 0.762. The number of hydrogen-bond donors (Lipinski definition) is 1. The van der Waals surface area contributed by atoms with Gasteiger partial charge in [-0.1, -0.05) is 66.2 Å². The largest absolute Gasteiger partial charge is 0.325 e. The molecule has 4 nitrogen and oxygen atoms in total. The van der Waals surface area contributed by atoms with E-state index in [0.29, 0.717) is 17.8 Å². The number of nitrogens with one attached hydrogen (secondary N) is 1. The average Bonchev–Trinajstić information content (AvgIpc) is 2.79. The normalized spacial score (nSPS) is 13.7. The van der Waals surface area contributed by atoms with Gasteiger partial charge >= 0.3 is 0 Å². The first-order valence-electron chi connectivity index (χ1n) is 8.94. The van der Waals surface area contributed by atoms with Gasteiger partial charge in [0.2, 0.25) is 5.91 Å². The van der Waals surface area contributed by atoms with Crippen LogP contribution in [0.1, 0.15) is 21.5 Å². The van der Waals surface area contributed by atoms with Gasteiger partial charge in [-0.3, -0.25) is 9.59 Å². The summed E-state index contributed by atoms with van der Waals surface area (Å²) in [5.74, 6) is -0.317. The average molecular weight is 356 g/mol. The van der Waals surface area contributed by atoms with Gasteiger partial charge in [0.25, 0.3) is 5.91 Å². The Hall–Kier alpha value is -3.40. The minimum atomic E-state index is -0.180. The van der Waals surface area contributed by atoms with E-state index in [-0.39, 0.29) is 18.4 Å². The molecule has 134 valence electrons. The first-order valence-corrected chi connectivity index (χ1v) is 8.94. The summed E-state index contributed by atoms with van der Waals surface area (Å²) in [5, 5.41) is 2.85. The van der Waals surface area contributed by atoms with Crippen LogP contribution in [0.15, 0.2) is 72.8 Å². The highest BCUT2D eigenvalue weighted by Crippen LogP contribution is 2.28. The number of amides is 2. The molecule has 27 heavy (non-hydrogen) atoms. The van der Waals surface area contributed by atoms with Crippen molar-refractivity contribution in [2.24, 2.45) is 0 Å². The number of aryl methyl sites for hydroxylation is 1. The molecule has 4 heteroatoms. The first-order chi connectivity index (χ1) is 13.1. The fourth-order valence-corrected chi connectivity index (χ4v) is 3.29. The zero-order valence-electron chi connectivity index (χ0n) is 15.1. The summed E-state index contributed by atoms with van der Waals surface area (Å²) >= 11 is 0. The van der Waals surface area contributed by atoms with Crippen LogP contribution >= 0.6 is 0 Å². The highest BCUT2D eigenvalue weighted by atomic mass is 16.2. The van der Waals surface area contributed by atoms with Crippen molar-refractivity contribution in [3.63, 3.8) is 0 Å². The molecule has 3 aromatic rings. The molecule has 0 unspecified atom stereocenters. The molecule has 1 N–H and O–H groups in total. The van der Waals surface area contributed by atoms with Crippen LogP contribution in [0.3, 0.4) is 0 Å². The summed E-state index contributed by atoms with van der Waals surface area (Å²) in [6, 6.07) is 23.5. The smallest absolute Gasteiger partial charge is 0.256 e.